The lowest BCUT2D eigenvalue weighted by Gasteiger charge is -2.29. The molecule has 7 heteroatoms. The number of benzene rings is 1. The second kappa shape index (κ2) is 4.31. The summed E-state index contributed by atoms with van der Waals surface area (Å²) in [5.74, 6) is -0.889. The van der Waals surface area contributed by atoms with Crippen LogP contribution in [-0.2, 0) is 9.84 Å². The van der Waals surface area contributed by atoms with E-state index in [1.54, 1.807) is 6.07 Å². The van der Waals surface area contributed by atoms with Gasteiger partial charge in [-0.15, -0.1) is 0 Å². The number of hydrogen-bond donors (Lipinski definition) is 1. The first-order chi connectivity index (χ1) is 9.39. The van der Waals surface area contributed by atoms with E-state index in [9.17, 15) is 18.0 Å². The molecule has 0 saturated carbocycles. The number of sulfone groups is 1. The zero-order valence-corrected chi connectivity index (χ0v) is 11.5. The topological polar surface area (TPSA) is 97.5 Å². The monoisotopic (exact) mass is 294 g/mol. The van der Waals surface area contributed by atoms with Crippen LogP contribution in [0.3, 0.4) is 0 Å². The summed E-state index contributed by atoms with van der Waals surface area (Å²) < 4.78 is 23.4. The molecule has 1 aromatic carbocycles. The highest BCUT2D eigenvalue weighted by Gasteiger charge is 2.42. The number of carbonyl (C=O) groups excluding carboxylic acids is 2. The highest BCUT2D eigenvalue weighted by atomic mass is 32.2. The summed E-state index contributed by atoms with van der Waals surface area (Å²) in [6.45, 7) is 0. The molecule has 0 aromatic heterocycles. The Hall–Kier alpha value is -1.89. The fraction of sp³-hybridized carbons (Fsp3) is 0.385. The number of amides is 2. The van der Waals surface area contributed by atoms with Crippen molar-refractivity contribution in [3.05, 3.63) is 29.3 Å². The lowest BCUT2D eigenvalue weighted by atomic mass is 10.1. The fourth-order valence-corrected chi connectivity index (χ4v) is 4.49. The molecule has 20 heavy (non-hydrogen) atoms. The molecule has 1 fully saturated rings. The highest BCUT2D eigenvalue weighted by Crippen LogP contribution is 2.29. The smallest absolute Gasteiger partial charge is 0.261 e. The Morgan fingerprint density at radius 3 is 2.55 bits per heavy atom. The van der Waals surface area contributed by atoms with Crippen molar-refractivity contribution in [3.63, 3.8) is 0 Å². The Morgan fingerprint density at radius 1 is 1.15 bits per heavy atom. The largest absolute Gasteiger partial charge is 0.399 e. The van der Waals surface area contributed by atoms with Crippen molar-refractivity contribution >= 4 is 27.3 Å². The summed E-state index contributed by atoms with van der Waals surface area (Å²) in [5.41, 5.74) is 6.59. The Balaban J connectivity index is 1.97. The second-order valence-electron chi connectivity index (χ2n) is 5.20. The average Bonchev–Trinajstić information content (AvgIpc) is 2.60. The first-order valence-electron chi connectivity index (χ1n) is 6.37. The van der Waals surface area contributed by atoms with Crippen LogP contribution >= 0.6 is 0 Å². The van der Waals surface area contributed by atoms with Gasteiger partial charge in [0, 0.05) is 5.69 Å². The number of hydrogen-bond acceptors (Lipinski definition) is 5. The molecule has 2 heterocycles. The second-order valence-corrected chi connectivity index (χ2v) is 7.42. The molecule has 2 N–H and O–H groups in total. The Bertz CT molecular complexity index is 711. The van der Waals surface area contributed by atoms with Crippen LogP contribution in [0.2, 0.25) is 0 Å². The van der Waals surface area contributed by atoms with Gasteiger partial charge in [0.25, 0.3) is 11.8 Å². The van der Waals surface area contributed by atoms with Gasteiger partial charge in [-0.05, 0) is 31.0 Å². The molecule has 1 aromatic rings. The Morgan fingerprint density at radius 2 is 1.85 bits per heavy atom. The molecule has 0 radical (unpaired) electrons. The van der Waals surface area contributed by atoms with Gasteiger partial charge in [0.15, 0.2) is 9.84 Å². The summed E-state index contributed by atoms with van der Waals surface area (Å²) in [6, 6.07) is 3.97. The molecular weight excluding hydrogens is 280 g/mol. The third kappa shape index (κ3) is 1.98. The van der Waals surface area contributed by atoms with Crippen LogP contribution in [0.4, 0.5) is 5.69 Å². The van der Waals surface area contributed by atoms with Gasteiger partial charge in [0.05, 0.1) is 28.7 Å². The minimum atomic E-state index is -3.18. The molecule has 1 saturated heterocycles. The van der Waals surface area contributed by atoms with Crippen LogP contribution < -0.4 is 5.73 Å². The Labute approximate surface area is 116 Å². The number of fused-ring (bicyclic) bond motifs is 1. The van der Waals surface area contributed by atoms with Crippen molar-refractivity contribution in [2.24, 2.45) is 0 Å². The van der Waals surface area contributed by atoms with E-state index in [1.807, 2.05) is 0 Å². The maximum Gasteiger partial charge on any atom is 0.261 e. The van der Waals surface area contributed by atoms with Crippen LogP contribution in [0.5, 0.6) is 0 Å². The molecule has 6 nitrogen and oxygen atoms in total. The summed E-state index contributed by atoms with van der Waals surface area (Å²) >= 11 is 0. The van der Waals surface area contributed by atoms with Crippen LogP contribution in [0, 0.1) is 0 Å². The van der Waals surface area contributed by atoms with Crippen molar-refractivity contribution in [1.29, 1.82) is 0 Å². The van der Waals surface area contributed by atoms with Crippen molar-refractivity contribution < 1.29 is 18.0 Å². The number of rotatable bonds is 1. The van der Waals surface area contributed by atoms with E-state index in [-0.39, 0.29) is 17.1 Å². The van der Waals surface area contributed by atoms with Gasteiger partial charge < -0.3 is 5.73 Å². The molecule has 2 aliphatic heterocycles. The average molecular weight is 294 g/mol. The molecule has 106 valence electrons. The predicted molar refractivity (Wildman–Crippen MR) is 73.0 cm³/mol. The molecule has 2 amide bonds. The third-order valence-electron chi connectivity index (χ3n) is 3.75. The molecule has 1 atom stereocenters. The number of anilines is 1. The summed E-state index contributed by atoms with van der Waals surface area (Å²) in [6.07, 6.45) is 1.00. The van der Waals surface area contributed by atoms with E-state index >= 15 is 0 Å². The van der Waals surface area contributed by atoms with E-state index < -0.39 is 27.7 Å². The lowest BCUT2D eigenvalue weighted by molar-refractivity contribution is 0.0589. The molecule has 0 spiro atoms. The number of imide groups is 1. The van der Waals surface area contributed by atoms with Gasteiger partial charge >= 0.3 is 0 Å². The van der Waals surface area contributed by atoms with Crippen molar-refractivity contribution in [2.45, 2.75) is 18.9 Å². The van der Waals surface area contributed by atoms with E-state index in [1.165, 1.54) is 12.1 Å². The number of nitrogens with two attached hydrogens (primary N) is 1. The summed E-state index contributed by atoms with van der Waals surface area (Å²) in [7, 11) is -3.18. The quantitative estimate of drug-likeness (QED) is 0.599. The standard InChI is InChI=1S/C13H14N2O4S/c14-8-3-4-10-11(6-8)13(17)15(12(10)16)9-2-1-5-20(18,19)7-9/h3-4,6,9H,1-2,5,7,14H2. The van der Waals surface area contributed by atoms with Gasteiger partial charge in [-0.25, -0.2) is 8.42 Å². The van der Waals surface area contributed by atoms with Crippen LogP contribution in [-0.4, -0.2) is 42.7 Å². The van der Waals surface area contributed by atoms with Gasteiger partial charge in [0.1, 0.15) is 0 Å². The first-order valence-corrected chi connectivity index (χ1v) is 8.19. The van der Waals surface area contributed by atoms with Crippen LogP contribution in [0.1, 0.15) is 33.6 Å². The van der Waals surface area contributed by atoms with Gasteiger partial charge in [-0.2, -0.15) is 0 Å². The fourth-order valence-electron chi connectivity index (χ4n) is 2.81. The summed E-state index contributed by atoms with van der Waals surface area (Å²) in [4.78, 5) is 25.7. The van der Waals surface area contributed by atoms with Crippen LogP contribution in [0.15, 0.2) is 18.2 Å². The maximum absolute atomic E-state index is 12.3. The van der Waals surface area contributed by atoms with Crippen molar-refractivity contribution in [1.82, 2.24) is 4.90 Å². The van der Waals surface area contributed by atoms with Gasteiger partial charge in [0.2, 0.25) is 0 Å². The van der Waals surface area contributed by atoms with E-state index in [2.05, 4.69) is 0 Å². The molecule has 3 rings (SSSR count). The van der Waals surface area contributed by atoms with Gasteiger partial charge in [-0.1, -0.05) is 0 Å². The normalized spacial score (nSPS) is 24.8. The van der Waals surface area contributed by atoms with Crippen molar-refractivity contribution in [2.75, 3.05) is 17.2 Å². The molecule has 0 aliphatic carbocycles. The summed E-state index contributed by atoms with van der Waals surface area (Å²) in [5, 5.41) is 0. The maximum atomic E-state index is 12.3. The number of carbonyl (C=O) groups is 2. The Kier molecular flexibility index (Phi) is 2.82. The zero-order valence-electron chi connectivity index (χ0n) is 10.7. The molecule has 1 unspecified atom stereocenters. The minimum absolute atomic E-state index is 0.125. The number of nitrogens with zero attached hydrogens (tertiary/aromatic N) is 1. The first kappa shape index (κ1) is 13.1. The third-order valence-corrected chi connectivity index (χ3v) is 5.55. The highest BCUT2D eigenvalue weighted by molar-refractivity contribution is 7.91. The van der Waals surface area contributed by atoms with Crippen molar-refractivity contribution in [3.8, 4) is 0 Å². The molecular formula is C13H14N2O4S. The minimum Gasteiger partial charge on any atom is -0.399 e. The number of nitrogen functional groups attached to an aromatic ring is 1. The van der Waals surface area contributed by atoms with E-state index in [4.69, 9.17) is 5.73 Å². The molecule has 0 bridgehead atoms. The van der Waals surface area contributed by atoms with E-state index in [0.717, 1.165) is 4.90 Å². The van der Waals surface area contributed by atoms with E-state index in [0.29, 0.717) is 24.1 Å². The zero-order chi connectivity index (χ0) is 14.5. The predicted octanol–water partition coefficient (Wildman–Crippen LogP) is 0.442. The van der Waals surface area contributed by atoms with Gasteiger partial charge in [-0.3, -0.25) is 14.5 Å². The lowest BCUT2D eigenvalue weighted by Crippen LogP contribution is -2.46. The van der Waals surface area contributed by atoms with Crippen LogP contribution in [0.25, 0.3) is 0 Å². The molecule has 2 aliphatic rings. The SMILES string of the molecule is Nc1ccc2c(c1)C(=O)N(C1CCCS(=O)(=O)C1)C2=O.